The highest BCUT2D eigenvalue weighted by Crippen LogP contribution is 2.41. The molecule has 3 atom stereocenters. The van der Waals surface area contributed by atoms with Crippen LogP contribution in [0.4, 0.5) is 10.6 Å². The largest absolute Gasteiger partial charge is 0.441 e. The lowest BCUT2D eigenvalue weighted by molar-refractivity contribution is -0.120. The van der Waals surface area contributed by atoms with Crippen molar-refractivity contribution in [3.63, 3.8) is 0 Å². The molecule has 4 N–H and O–H groups in total. The molecule has 0 spiro atoms. The first kappa shape index (κ1) is 37.1. The third-order valence-electron chi connectivity index (χ3n) is 10.9. The van der Waals surface area contributed by atoms with Gasteiger partial charge in [0.15, 0.2) is 0 Å². The van der Waals surface area contributed by atoms with Gasteiger partial charge in [-0.25, -0.2) is 14.8 Å². The molecule has 0 saturated carbocycles. The first-order valence-electron chi connectivity index (χ1n) is 19.0. The smallest absolute Gasteiger partial charge is 0.407 e. The van der Waals surface area contributed by atoms with Crippen molar-refractivity contribution in [3.05, 3.63) is 105 Å². The monoisotopic (exact) mass is 774 g/mol. The highest BCUT2D eigenvalue weighted by Gasteiger charge is 2.29. The minimum Gasteiger partial charge on any atom is -0.441 e. The molecule has 1 unspecified atom stereocenters. The molecule has 2 saturated heterocycles. The molecule has 56 heavy (non-hydrogen) atoms. The van der Waals surface area contributed by atoms with Crippen LogP contribution in [0.15, 0.2) is 77.9 Å². The Morgan fingerprint density at radius 1 is 0.911 bits per heavy atom. The number of halogens is 1. The Hall–Kier alpha value is -5.79. The van der Waals surface area contributed by atoms with Gasteiger partial charge in [0.05, 0.1) is 10.7 Å². The summed E-state index contributed by atoms with van der Waals surface area (Å²) >= 11 is 7.22. The molecule has 0 radical (unpaired) electrons. The number of hydrogen-bond acceptors (Lipinski definition) is 9. The second kappa shape index (κ2) is 15.8. The number of anilines is 1. The summed E-state index contributed by atoms with van der Waals surface area (Å²) in [6.45, 7) is 3.99. The van der Waals surface area contributed by atoms with Crippen molar-refractivity contribution in [3.8, 4) is 33.5 Å². The zero-order valence-electron chi connectivity index (χ0n) is 31.2. The van der Waals surface area contributed by atoms with Gasteiger partial charge in [0.2, 0.25) is 11.8 Å². The number of carbonyl (C=O) groups is 3. The first-order valence-corrected chi connectivity index (χ1v) is 19.4. The quantitative estimate of drug-likeness (QED) is 0.148. The van der Waals surface area contributed by atoms with Crippen molar-refractivity contribution in [2.75, 3.05) is 31.6 Å². The Balaban J connectivity index is 1.01. The van der Waals surface area contributed by atoms with Crippen LogP contribution in [0.3, 0.4) is 0 Å². The summed E-state index contributed by atoms with van der Waals surface area (Å²) in [4.78, 5) is 60.8. The number of nitrogens with one attached hydrogen (secondary N) is 4. The van der Waals surface area contributed by atoms with E-state index in [-0.39, 0.29) is 29.5 Å². The lowest BCUT2D eigenvalue weighted by Gasteiger charge is -2.32. The zero-order valence-corrected chi connectivity index (χ0v) is 32.0. The van der Waals surface area contributed by atoms with Gasteiger partial charge >= 0.3 is 6.09 Å². The SMILES string of the molecule is Cc1c(-c2ccn3c(=O)c(CNC[C@@H]4CCC(=O)N4)cnc3c2)cccc1-c1cccc(-c2ccc3c(n2)N(C)CCC3OC(=O)NC[C@@H]2CCC(=O)N2)c1Cl. The van der Waals surface area contributed by atoms with Gasteiger partial charge in [-0.3, -0.25) is 18.8 Å². The lowest BCUT2D eigenvalue weighted by atomic mass is 9.92. The molecule has 3 amide bonds. The Morgan fingerprint density at radius 2 is 1.62 bits per heavy atom. The van der Waals surface area contributed by atoms with Crippen LogP contribution < -0.4 is 31.7 Å². The van der Waals surface area contributed by atoms with Crippen LogP contribution in [0.2, 0.25) is 5.02 Å². The molecule has 8 rings (SSSR count). The van der Waals surface area contributed by atoms with E-state index >= 15 is 0 Å². The average molecular weight is 775 g/mol. The molecule has 3 aliphatic heterocycles. The molecule has 2 fully saturated rings. The normalized spacial score (nSPS) is 19.1. The molecule has 6 heterocycles. The molecule has 2 aromatic carbocycles. The third kappa shape index (κ3) is 7.56. The van der Waals surface area contributed by atoms with E-state index in [1.807, 2.05) is 67.7 Å². The molecule has 14 heteroatoms. The molecular weight excluding hydrogens is 732 g/mol. The predicted octanol–water partition coefficient (Wildman–Crippen LogP) is 5.31. The van der Waals surface area contributed by atoms with E-state index in [1.165, 1.54) is 0 Å². The second-order valence-corrected chi connectivity index (χ2v) is 15.1. The summed E-state index contributed by atoms with van der Waals surface area (Å²) in [6, 6.07) is 19.7. The number of aromatic nitrogens is 3. The maximum atomic E-state index is 13.3. The Bertz CT molecular complexity index is 2420. The molecule has 3 aliphatic rings. The van der Waals surface area contributed by atoms with Crippen LogP contribution in [0.5, 0.6) is 0 Å². The first-order chi connectivity index (χ1) is 27.1. The Morgan fingerprint density at radius 3 is 2.38 bits per heavy atom. The van der Waals surface area contributed by atoms with Crippen molar-refractivity contribution >= 4 is 41.0 Å². The second-order valence-electron chi connectivity index (χ2n) is 14.7. The van der Waals surface area contributed by atoms with Crippen molar-refractivity contribution in [2.24, 2.45) is 0 Å². The maximum Gasteiger partial charge on any atom is 0.407 e. The number of fused-ring (bicyclic) bond motifs is 2. The van der Waals surface area contributed by atoms with Gasteiger partial charge in [0, 0.05) is 99.2 Å². The number of benzene rings is 2. The van der Waals surface area contributed by atoms with Crippen molar-refractivity contribution in [2.45, 2.75) is 63.8 Å². The van der Waals surface area contributed by atoms with Gasteiger partial charge in [0.1, 0.15) is 17.6 Å². The number of alkyl carbamates (subject to hydrolysis) is 1. The number of ether oxygens (including phenoxy) is 1. The van der Waals surface area contributed by atoms with Crippen LogP contribution in [0.1, 0.15) is 54.9 Å². The highest BCUT2D eigenvalue weighted by molar-refractivity contribution is 6.36. The summed E-state index contributed by atoms with van der Waals surface area (Å²) in [6.07, 6.45) is 5.50. The predicted molar refractivity (Wildman–Crippen MR) is 214 cm³/mol. The van der Waals surface area contributed by atoms with Gasteiger partial charge in [-0.2, -0.15) is 0 Å². The van der Waals surface area contributed by atoms with Crippen LogP contribution >= 0.6 is 11.6 Å². The molecular formula is C42H43ClN8O5. The highest BCUT2D eigenvalue weighted by atomic mass is 35.5. The van der Waals surface area contributed by atoms with Crippen molar-refractivity contribution < 1.29 is 19.1 Å². The van der Waals surface area contributed by atoms with E-state index in [0.29, 0.717) is 73.8 Å². The van der Waals surface area contributed by atoms with Crippen molar-refractivity contribution in [1.82, 2.24) is 35.6 Å². The lowest BCUT2D eigenvalue weighted by Crippen LogP contribution is -2.39. The number of rotatable bonds is 10. The Kier molecular flexibility index (Phi) is 10.4. The number of pyridine rings is 2. The standard InChI is InChI=1S/C42H43ClN8O5/c1-24-29(25-15-18-51-36(19-25)45-21-26(41(51)54)20-44-22-27-9-13-37(52)47-27)5-3-6-30(24)31-7-4-8-32(39(31)43)34-12-11-33-35(16-17-50(2)40(33)49-34)56-42(55)46-23-28-10-14-38(53)48-28/h3-8,11-12,15,18-19,21,27-28,35,44H,9-10,13-14,16-17,20,22-23H2,1-2H3,(H,46,55)(H,47,52)(H,48,53)/t27-,28-,35?/m0/s1. The number of amides is 3. The van der Waals surface area contributed by atoms with Gasteiger partial charge in [-0.15, -0.1) is 0 Å². The minimum atomic E-state index is -0.524. The van der Waals surface area contributed by atoms with Crippen LogP contribution in [-0.4, -0.2) is 71.0 Å². The van der Waals surface area contributed by atoms with E-state index < -0.39 is 12.2 Å². The van der Waals surface area contributed by atoms with Crippen LogP contribution in [0, 0.1) is 6.92 Å². The topological polar surface area (TPSA) is 159 Å². The molecule has 0 aliphatic carbocycles. The van der Waals surface area contributed by atoms with E-state index in [1.54, 1.807) is 16.8 Å². The summed E-state index contributed by atoms with van der Waals surface area (Å²) in [5.41, 5.74) is 7.99. The van der Waals surface area contributed by atoms with Gasteiger partial charge in [0.25, 0.3) is 5.56 Å². The van der Waals surface area contributed by atoms with E-state index in [9.17, 15) is 19.2 Å². The van der Waals surface area contributed by atoms with Crippen LogP contribution in [-0.2, 0) is 20.9 Å². The van der Waals surface area contributed by atoms with E-state index in [0.717, 1.165) is 51.2 Å². The molecule has 288 valence electrons. The fourth-order valence-corrected chi connectivity index (χ4v) is 8.18. The molecule has 3 aromatic heterocycles. The molecule has 13 nitrogen and oxygen atoms in total. The molecule has 0 bridgehead atoms. The summed E-state index contributed by atoms with van der Waals surface area (Å²) < 4.78 is 7.40. The van der Waals surface area contributed by atoms with Gasteiger partial charge < -0.3 is 30.9 Å². The van der Waals surface area contributed by atoms with E-state index in [4.69, 9.17) is 21.3 Å². The van der Waals surface area contributed by atoms with Gasteiger partial charge in [-0.1, -0.05) is 48.0 Å². The fourth-order valence-electron chi connectivity index (χ4n) is 7.86. The molecule has 5 aromatic rings. The van der Waals surface area contributed by atoms with E-state index in [2.05, 4.69) is 38.1 Å². The Labute approximate surface area is 328 Å². The minimum absolute atomic E-state index is 0.00191. The third-order valence-corrected chi connectivity index (χ3v) is 11.4. The number of carbonyl (C=O) groups excluding carboxylic acids is 3. The fraction of sp³-hybridized carbons (Fsp3) is 0.333. The van der Waals surface area contributed by atoms with Gasteiger partial charge in [-0.05, 0) is 66.3 Å². The number of hydrogen-bond donors (Lipinski definition) is 4. The summed E-state index contributed by atoms with van der Waals surface area (Å²) in [7, 11) is 1.97. The summed E-state index contributed by atoms with van der Waals surface area (Å²) in [5.74, 6) is 0.785. The average Bonchev–Trinajstić information content (AvgIpc) is 3.82. The zero-order chi connectivity index (χ0) is 38.9. The summed E-state index contributed by atoms with van der Waals surface area (Å²) in [5, 5.41) is 12.4. The van der Waals surface area contributed by atoms with Crippen LogP contribution in [0.25, 0.3) is 39.2 Å². The van der Waals surface area contributed by atoms with Crippen molar-refractivity contribution in [1.29, 1.82) is 0 Å². The number of nitrogens with zero attached hydrogens (tertiary/aromatic N) is 4. The maximum absolute atomic E-state index is 13.3.